The molecule has 6 heteroatoms. The predicted octanol–water partition coefficient (Wildman–Crippen LogP) is 2.01. The third-order valence-electron chi connectivity index (χ3n) is 5.74. The maximum Gasteiger partial charge on any atom is 0.309 e. The minimum atomic E-state index is -0.607. The zero-order valence-corrected chi connectivity index (χ0v) is 16.9. The molecule has 1 aromatic rings. The highest BCUT2D eigenvalue weighted by Crippen LogP contribution is 2.31. The van der Waals surface area contributed by atoms with E-state index in [4.69, 9.17) is 0 Å². The SMILES string of the molecule is C=CCNC(=O)C(=O)NC[C@H](c1ccc2c(c1)CCCN2C)N1CCCCC1. The lowest BCUT2D eigenvalue weighted by atomic mass is 9.95. The van der Waals surface area contributed by atoms with Crippen LogP contribution in [-0.2, 0) is 16.0 Å². The van der Waals surface area contributed by atoms with Crippen LogP contribution in [0.4, 0.5) is 5.69 Å². The minimum absolute atomic E-state index is 0.0917. The van der Waals surface area contributed by atoms with Crippen LogP contribution in [0.25, 0.3) is 0 Å². The molecule has 1 atom stereocenters. The van der Waals surface area contributed by atoms with E-state index < -0.39 is 11.8 Å². The Kier molecular flexibility index (Phi) is 7.09. The number of carbonyl (C=O) groups is 2. The van der Waals surface area contributed by atoms with Crippen LogP contribution in [0.15, 0.2) is 30.9 Å². The molecule has 28 heavy (non-hydrogen) atoms. The molecule has 2 amide bonds. The lowest BCUT2D eigenvalue weighted by Gasteiger charge is -2.36. The number of fused-ring (bicyclic) bond motifs is 1. The maximum atomic E-state index is 12.2. The summed E-state index contributed by atoms with van der Waals surface area (Å²) in [4.78, 5) is 28.8. The molecular weight excluding hydrogens is 352 g/mol. The van der Waals surface area contributed by atoms with E-state index >= 15 is 0 Å². The number of piperidine rings is 1. The molecular formula is C22H32N4O2. The van der Waals surface area contributed by atoms with Crippen molar-refractivity contribution in [3.63, 3.8) is 0 Å². The van der Waals surface area contributed by atoms with Crippen molar-refractivity contribution < 1.29 is 9.59 Å². The van der Waals surface area contributed by atoms with Crippen LogP contribution in [0.3, 0.4) is 0 Å². The Morgan fingerprint density at radius 2 is 1.86 bits per heavy atom. The van der Waals surface area contributed by atoms with Gasteiger partial charge < -0.3 is 15.5 Å². The molecule has 0 bridgehead atoms. The predicted molar refractivity (Wildman–Crippen MR) is 112 cm³/mol. The normalized spacial score (nSPS) is 18.1. The highest BCUT2D eigenvalue weighted by Gasteiger charge is 2.25. The number of benzene rings is 1. The van der Waals surface area contributed by atoms with Crippen LogP contribution in [0.2, 0.25) is 0 Å². The molecule has 2 heterocycles. The molecule has 0 spiro atoms. The standard InChI is InChI=1S/C22H32N4O2/c1-3-11-23-21(27)22(28)24-16-20(26-13-5-4-6-14-26)18-9-10-19-17(15-18)8-7-12-25(19)2/h3,9-10,15,20H,1,4-8,11-14,16H2,2H3,(H,23,27)(H,24,28)/t20-/m1/s1. The van der Waals surface area contributed by atoms with Gasteiger partial charge >= 0.3 is 11.8 Å². The fraction of sp³-hybridized carbons (Fsp3) is 0.545. The third-order valence-corrected chi connectivity index (χ3v) is 5.74. The number of carbonyl (C=O) groups excluding carboxylic acids is 2. The first-order valence-corrected chi connectivity index (χ1v) is 10.3. The number of likely N-dealkylation sites (tertiary alicyclic amines) is 1. The topological polar surface area (TPSA) is 64.7 Å². The molecule has 0 radical (unpaired) electrons. The van der Waals surface area contributed by atoms with Crippen LogP contribution in [-0.4, -0.2) is 56.5 Å². The van der Waals surface area contributed by atoms with Crippen LogP contribution < -0.4 is 15.5 Å². The molecule has 0 aromatic heterocycles. The van der Waals surface area contributed by atoms with Gasteiger partial charge in [-0.3, -0.25) is 14.5 Å². The van der Waals surface area contributed by atoms with E-state index in [9.17, 15) is 9.59 Å². The van der Waals surface area contributed by atoms with Crippen molar-refractivity contribution >= 4 is 17.5 Å². The second kappa shape index (κ2) is 9.73. The number of nitrogens with one attached hydrogen (secondary N) is 2. The second-order valence-corrected chi connectivity index (χ2v) is 7.73. The van der Waals surface area contributed by atoms with Crippen LogP contribution >= 0.6 is 0 Å². The number of anilines is 1. The fourth-order valence-corrected chi connectivity index (χ4v) is 4.22. The van der Waals surface area contributed by atoms with Crippen molar-refractivity contribution in [3.05, 3.63) is 42.0 Å². The van der Waals surface area contributed by atoms with E-state index in [1.165, 1.54) is 42.5 Å². The van der Waals surface area contributed by atoms with Gasteiger partial charge in [0.05, 0.1) is 6.04 Å². The smallest absolute Gasteiger partial charge is 0.309 e. The monoisotopic (exact) mass is 384 g/mol. The number of hydrogen-bond acceptors (Lipinski definition) is 4. The third kappa shape index (κ3) is 4.93. The number of rotatable bonds is 6. The van der Waals surface area contributed by atoms with Gasteiger partial charge in [0.2, 0.25) is 0 Å². The lowest BCUT2D eigenvalue weighted by molar-refractivity contribution is -0.139. The second-order valence-electron chi connectivity index (χ2n) is 7.73. The molecule has 2 N–H and O–H groups in total. The Bertz CT molecular complexity index is 712. The minimum Gasteiger partial charge on any atom is -0.374 e. The summed E-state index contributed by atoms with van der Waals surface area (Å²) >= 11 is 0. The van der Waals surface area contributed by atoms with Gasteiger partial charge in [-0.1, -0.05) is 24.6 Å². The molecule has 2 aliphatic rings. The van der Waals surface area contributed by atoms with E-state index in [-0.39, 0.29) is 6.04 Å². The van der Waals surface area contributed by atoms with Gasteiger partial charge in [-0.2, -0.15) is 0 Å². The molecule has 0 saturated carbocycles. The summed E-state index contributed by atoms with van der Waals surface area (Å²) < 4.78 is 0. The molecule has 1 saturated heterocycles. The van der Waals surface area contributed by atoms with Gasteiger partial charge in [0.15, 0.2) is 0 Å². The molecule has 1 fully saturated rings. The van der Waals surface area contributed by atoms with E-state index in [2.05, 4.69) is 52.3 Å². The van der Waals surface area contributed by atoms with Gasteiger partial charge in [-0.15, -0.1) is 6.58 Å². The summed E-state index contributed by atoms with van der Waals surface area (Å²) in [6, 6.07) is 6.78. The van der Waals surface area contributed by atoms with Crippen molar-refractivity contribution in [2.75, 3.05) is 44.7 Å². The van der Waals surface area contributed by atoms with Gasteiger partial charge in [-0.05, 0) is 56.0 Å². The van der Waals surface area contributed by atoms with Crippen molar-refractivity contribution in [2.24, 2.45) is 0 Å². The van der Waals surface area contributed by atoms with E-state index in [0.29, 0.717) is 13.1 Å². The Hall–Kier alpha value is -2.34. The van der Waals surface area contributed by atoms with Crippen LogP contribution in [0.5, 0.6) is 0 Å². The van der Waals surface area contributed by atoms with E-state index in [1.54, 1.807) is 6.08 Å². The van der Waals surface area contributed by atoms with E-state index in [1.807, 2.05) is 0 Å². The van der Waals surface area contributed by atoms with E-state index in [0.717, 1.165) is 26.1 Å². The number of nitrogens with zero attached hydrogens (tertiary/aromatic N) is 2. The quantitative estimate of drug-likeness (QED) is 0.582. The number of hydrogen-bond donors (Lipinski definition) is 2. The molecule has 1 aromatic carbocycles. The Morgan fingerprint density at radius 1 is 1.11 bits per heavy atom. The summed E-state index contributed by atoms with van der Waals surface area (Å²) in [6.45, 7) is 7.43. The van der Waals surface area contributed by atoms with Crippen LogP contribution in [0, 0.1) is 0 Å². The fourth-order valence-electron chi connectivity index (χ4n) is 4.22. The van der Waals surface area contributed by atoms with Crippen molar-refractivity contribution in [1.82, 2.24) is 15.5 Å². The van der Waals surface area contributed by atoms with Gasteiger partial charge in [0.25, 0.3) is 0 Å². The summed E-state index contributed by atoms with van der Waals surface area (Å²) in [5.74, 6) is -1.19. The Balaban J connectivity index is 1.75. The highest BCUT2D eigenvalue weighted by atomic mass is 16.2. The number of amides is 2. The van der Waals surface area contributed by atoms with Crippen molar-refractivity contribution in [2.45, 2.75) is 38.1 Å². The first-order chi connectivity index (χ1) is 13.6. The van der Waals surface area contributed by atoms with Gasteiger partial charge in [0.1, 0.15) is 0 Å². The van der Waals surface area contributed by atoms with Gasteiger partial charge in [0, 0.05) is 32.4 Å². The number of aryl methyl sites for hydroxylation is 1. The first-order valence-electron chi connectivity index (χ1n) is 10.3. The summed E-state index contributed by atoms with van der Waals surface area (Å²) in [7, 11) is 2.14. The van der Waals surface area contributed by atoms with Crippen molar-refractivity contribution in [1.29, 1.82) is 0 Å². The zero-order chi connectivity index (χ0) is 19.9. The summed E-state index contributed by atoms with van der Waals surface area (Å²) in [6.07, 6.45) is 7.44. The molecule has 2 aliphatic heterocycles. The summed E-state index contributed by atoms with van der Waals surface area (Å²) in [5.41, 5.74) is 3.91. The molecule has 3 rings (SSSR count). The molecule has 0 aliphatic carbocycles. The average molecular weight is 385 g/mol. The first kappa shape index (κ1) is 20.4. The zero-order valence-electron chi connectivity index (χ0n) is 16.9. The Labute approximate surface area is 168 Å². The van der Waals surface area contributed by atoms with Crippen molar-refractivity contribution in [3.8, 4) is 0 Å². The largest absolute Gasteiger partial charge is 0.374 e. The average Bonchev–Trinajstić information content (AvgIpc) is 2.73. The maximum absolute atomic E-state index is 12.2. The molecule has 0 unspecified atom stereocenters. The molecule has 6 nitrogen and oxygen atoms in total. The Morgan fingerprint density at radius 3 is 2.61 bits per heavy atom. The summed E-state index contributed by atoms with van der Waals surface area (Å²) in [5, 5.41) is 5.37. The highest BCUT2D eigenvalue weighted by molar-refractivity contribution is 6.35. The van der Waals surface area contributed by atoms with Gasteiger partial charge in [-0.25, -0.2) is 0 Å². The lowest BCUT2D eigenvalue weighted by Crippen LogP contribution is -2.45. The molecule has 152 valence electrons. The van der Waals surface area contributed by atoms with Crippen LogP contribution in [0.1, 0.15) is 42.9 Å².